The minimum atomic E-state index is 0.0948. The number of rotatable bonds is 8. The van der Waals surface area contributed by atoms with E-state index in [2.05, 4.69) is 31.0 Å². The van der Waals surface area contributed by atoms with Gasteiger partial charge in [0, 0.05) is 12.1 Å². The van der Waals surface area contributed by atoms with Gasteiger partial charge in [-0.05, 0) is 38.6 Å². The smallest absolute Gasteiger partial charge is 0.234 e. The number of amides is 1. The van der Waals surface area contributed by atoms with Crippen molar-refractivity contribution in [1.29, 1.82) is 0 Å². The van der Waals surface area contributed by atoms with Crippen LogP contribution in [0.3, 0.4) is 0 Å². The maximum absolute atomic E-state index is 11.9. The molecule has 1 unspecified atom stereocenters. The molecule has 0 aliphatic carbocycles. The number of hydrogen-bond donors (Lipinski definition) is 2. The molecule has 19 heavy (non-hydrogen) atoms. The predicted octanol–water partition coefficient (Wildman–Crippen LogP) is 1.77. The van der Waals surface area contributed by atoms with Crippen molar-refractivity contribution in [3.05, 3.63) is 0 Å². The van der Waals surface area contributed by atoms with Crippen LogP contribution in [0.5, 0.6) is 0 Å². The van der Waals surface area contributed by atoms with Gasteiger partial charge in [-0.15, -0.1) is 0 Å². The van der Waals surface area contributed by atoms with E-state index in [1.165, 1.54) is 12.8 Å². The van der Waals surface area contributed by atoms with E-state index in [0.717, 1.165) is 31.7 Å². The van der Waals surface area contributed by atoms with E-state index in [1.807, 2.05) is 0 Å². The van der Waals surface area contributed by atoms with Crippen LogP contribution in [0.1, 0.15) is 52.9 Å². The first-order valence-electron chi connectivity index (χ1n) is 7.67. The van der Waals surface area contributed by atoms with E-state index in [0.29, 0.717) is 6.54 Å². The number of nitrogens with one attached hydrogen (secondary N) is 1. The number of hydrogen-bond acceptors (Lipinski definition) is 3. The molecule has 1 saturated heterocycles. The number of aliphatic hydroxyl groups is 1. The Labute approximate surface area is 117 Å². The van der Waals surface area contributed by atoms with E-state index >= 15 is 0 Å². The Balaban J connectivity index is 2.19. The van der Waals surface area contributed by atoms with E-state index in [-0.39, 0.29) is 24.6 Å². The van der Waals surface area contributed by atoms with Gasteiger partial charge >= 0.3 is 0 Å². The van der Waals surface area contributed by atoms with Gasteiger partial charge in [0.15, 0.2) is 0 Å². The molecule has 0 radical (unpaired) electrons. The van der Waals surface area contributed by atoms with E-state index < -0.39 is 0 Å². The average molecular weight is 270 g/mol. The Morgan fingerprint density at radius 1 is 1.37 bits per heavy atom. The Kier molecular flexibility index (Phi) is 7.39. The van der Waals surface area contributed by atoms with E-state index in [9.17, 15) is 9.90 Å². The van der Waals surface area contributed by atoms with Gasteiger partial charge in [0.25, 0.3) is 0 Å². The van der Waals surface area contributed by atoms with Crippen molar-refractivity contribution in [3.8, 4) is 0 Å². The van der Waals surface area contributed by atoms with Gasteiger partial charge in [-0.3, -0.25) is 9.69 Å². The highest BCUT2D eigenvalue weighted by Crippen LogP contribution is 2.15. The third-order valence-corrected chi connectivity index (χ3v) is 3.88. The van der Waals surface area contributed by atoms with Gasteiger partial charge in [-0.2, -0.15) is 0 Å². The van der Waals surface area contributed by atoms with Crippen LogP contribution < -0.4 is 5.32 Å². The minimum Gasteiger partial charge on any atom is -0.395 e. The maximum Gasteiger partial charge on any atom is 0.234 e. The number of carbonyl (C=O) groups is 1. The first-order valence-corrected chi connectivity index (χ1v) is 7.67. The third kappa shape index (κ3) is 6.39. The van der Waals surface area contributed by atoms with Crippen LogP contribution >= 0.6 is 0 Å². The number of carbonyl (C=O) groups excluding carboxylic acids is 1. The van der Waals surface area contributed by atoms with Crippen LogP contribution in [0.25, 0.3) is 0 Å². The monoisotopic (exact) mass is 270 g/mol. The zero-order valence-electron chi connectivity index (χ0n) is 12.7. The summed E-state index contributed by atoms with van der Waals surface area (Å²) in [6.45, 7) is 8.06. The van der Waals surface area contributed by atoms with Gasteiger partial charge in [-0.1, -0.05) is 26.7 Å². The molecule has 1 aliphatic rings. The van der Waals surface area contributed by atoms with E-state index in [4.69, 9.17) is 0 Å². The van der Waals surface area contributed by atoms with Crippen LogP contribution in [0.4, 0.5) is 0 Å². The lowest BCUT2D eigenvalue weighted by Gasteiger charge is -2.23. The van der Waals surface area contributed by atoms with Crippen molar-refractivity contribution in [2.45, 2.75) is 65.0 Å². The summed E-state index contributed by atoms with van der Waals surface area (Å²) in [7, 11) is 0. The molecule has 0 aromatic heterocycles. The summed E-state index contributed by atoms with van der Waals surface area (Å²) in [6.07, 6.45) is 5.53. The molecule has 1 fully saturated rings. The highest BCUT2D eigenvalue weighted by molar-refractivity contribution is 5.78. The second-order valence-corrected chi connectivity index (χ2v) is 6.24. The van der Waals surface area contributed by atoms with E-state index in [1.54, 1.807) is 0 Å². The molecule has 1 heterocycles. The minimum absolute atomic E-state index is 0.0948. The van der Waals surface area contributed by atoms with Gasteiger partial charge < -0.3 is 10.4 Å². The summed E-state index contributed by atoms with van der Waals surface area (Å²) >= 11 is 0. The van der Waals surface area contributed by atoms with Crippen molar-refractivity contribution in [2.24, 2.45) is 5.92 Å². The molecular formula is C15H30N2O2. The lowest BCUT2D eigenvalue weighted by atomic mass is 10.0. The van der Waals surface area contributed by atoms with Crippen molar-refractivity contribution in [3.63, 3.8) is 0 Å². The molecule has 2 atom stereocenters. The SMILES string of the molecule is CC(C)CCCC(C)NC(=O)CN1CCC[C@@H]1CO. The molecule has 0 aromatic rings. The first kappa shape index (κ1) is 16.4. The second-order valence-electron chi connectivity index (χ2n) is 6.24. The molecule has 1 rings (SSSR count). The molecule has 4 heteroatoms. The van der Waals surface area contributed by atoms with Crippen LogP contribution in [0.15, 0.2) is 0 Å². The molecule has 0 aromatic carbocycles. The standard InChI is InChI=1S/C15H30N2O2/c1-12(2)6-4-7-13(3)16-15(19)10-17-9-5-8-14(17)11-18/h12-14,18H,4-11H2,1-3H3,(H,16,19)/t13?,14-/m1/s1. The topological polar surface area (TPSA) is 52.6 Å². The number of aliphatic hydroxyl groups excluding tert-OH is 1. The van der Waals surface area contributed by atoms with Crippen LogP contribution in [-0.4, -0.2) is 47.7 Å². The summed E-state index contributed by atoms with van der Waals surface area (Å²) in [6, 6.07) is 0.434. The summed E-state index contributed by atoms with van der Waals surface area (Å²) < 4.78 is 0. The normalized spacial score (nSPS) is 21.8. The first-order chi connectivity index (χ1) is 9.02. The summed E-state index contributed by atoms with van der Waals surface area (Å²) in [4.78, 5) is 14.0. The average Bonchev–Trinajstić information content (AvgIpc) is 2.75. The Bertz CT molecular complexity index is 269. The van der Waals surface area contributed by atoms with Gasteiger partial charge in [0.1, 0.15) is 0 Å². The third-order valence-electron chi connectivity index (χ3n) is 3.88. The molecule has 1 amide bonds. The molecule has 4 nitrogen and oxygen atoms in total. The lowest BCUT2D eigenvalue weighted by molar-refractivity contribution is -0.123. The summed E-state index contributed by atoms with van der Waals surface area (Å²) in [5.41, 5.74) is 0. The Hall–Kier alpha value is -0.610. The highest BCUT2D eigenvalue weighted by atomic mass is 16.3. The Morgan fingerprint density at radius 2 is 2.11 bits per heavy atom. The predicted molar refractivity (Wildman–Crippen MR) is 78.0 cm³/mol. The van der Waals surface area contributed by atoms with Crippen LogP contribution in [-0.2, 0) is 4.79 Å². The maximum atomic E-state index is 11.9. The quantitative estimate of drug-likeness (QED) is 0.707. The molecule has 1 aliphatic heterocycles. The van der Waals surface area contributed by atoms with Crippen molar-refractivity contribution in [1.82, 2.24) is 10.2 Å². The van der Waals surface area contributed by atoms with Gasteiger partial charge in [0.2, 0.25) is 5.91 Å². The lowest BCUT2D eigenvalue weighted by Crippen LogP contribution is -2.43. The van der Waals surface area contributed by atoms with Crippen molar-refractivity contribution < 1.29 is 9.90 Å². The van der Waals surface area contributed by atoms with Crippen molar-refractivity contribution in [2.75, 3.05) is 19.7 Å². The summed E-state index contributed by atoms with van der Waals surface area (Å²) in [5, 5.41) is 12.3. The highest BCUT2D eigenvalue weighted by Gasteiger charge is 2.25. The largest absolute Gasteiger partial charge is 0.395 e. The van der Waals surface area contributed by atoms with Crippen LogP contribution in [0, 0.1) is 5.92 Å². The Morgan fingerprint density at radius 3 is 2.74 bits per heavy atom. The van der Waals surface area contributed by atoms with Gasteiger partial charge in [0.05, 0.1) is 13.2 Å². The molecular weight excluding hydrogens is 240 g/mol. The fourth-order valence-corrected chi connectivity index (χ4v) is 2.72. The second kappa shape index (κ2) is 8.54. The molecule has 112 valence electrons. The molecule has 0 spiro atoms. The molecule has 2 N–H and O–H groups in total. The zero-order chi connectivity index (χ0) is 14.3. The number of likely N-dealkylation sites (tertiary alicyclic amines) is 1. The number of nitrogens with zero attached hydrogens (tertiary/aromatic N) is 1. The molecule has 0 saturated carbocycles. The van der Waals surface area contributed by atoms with Crippen molar-refractivity contribution >= 4 is 5.91 Å². The fraction of sp³-hybridized carbons (Fsp3) is 0.933. The molecule has 0 bridgehead atoms. The van der Waals surface area contributed by atoms with Crippen LogP contribution in [0.2, 0.25) is 0 Å². The zero-order valence-corrected chi connectivity index (χ0v) is 12.7. The fourth-order valence-electron chi connectivity index (χ4n) is 2.72. The van der Waals surface area contributed by atoms with Gasteiger partial charge in [-0.25, -0.2) is 0 Å². The summed E-state index contributed by atoms with van der Waals surface area (Å²) in [5.74, 6) is 0.829.